The molecule has 2 N–H and O–H groups in total. The minimum Gasteiger partial charge on any atom is -0.383 e. The van der Waals surface area contributed by atoms with Crippen LogP contribution in [0.1, 0.15) is 47.0 Å². The highest BCUT2D eigenvalue weighted by Crippen LogP contribution is 1.96. The van der Waals surface area contributed by atoms with E-state index in [9.17, 15) is 0 Å². The summed E-state index contributed by atoms with van der Waals surface area (Å²) < 4.78 is 5.14. The molecular formula is C16H36N4O. The molecule has 0 aliphatic carbocycles. The van der Waals surface area contributed by atoms with E-state index in [0.717, 1.165) is 32.0 Å². The summed E-state index contributed by atoms with van der Waals surface area (Å²) in [4.78, 5) is 7.17. The Morgan fingerprint density at radius 1 is 1.14 bits per heavy atom. The second kappa shape index (κ2) is 14.1. The van der Waals surface area contributed by atoms with E-state index in [1.807, 2.05) is 0 Å². The maximum absolute atomic E-state index is 5.14. The van der Waals surface area contributed by atoms with E-state index in [0.29, 0.717) is 6.61 Å². The number of hydrogen-bond acceptors (Lipinski definition) is 3. The number of nitrogens with zero attached hydrogens (tertiary/aromatic N) is 2. The Kier molecular flexibility index (Phi) is 13.6. The minimum atomic E-state index is 0.268. The molecule has 0 aromatic heterocycles. The highest BCUT2D eigenvalue weighted by Gasteiger charge is 2.05. The third-order valence-corrected chi connectivity index (χ3v) is 3.13. The van der Waals surface area contributed by atoms with Crippen LogP contribution in [-0.2, 0) is 4.74 Å². The van der Waals surface area contributed by atoms with Gasteiger partial charge in [-0.1, -0.05) is 13.8 Å². The quantitative estimate of drug-likeness (QED) is 0.329. The van der Waals surface area contributed by atoms with Gasteiger partial charge in [0.05, 0.1) is 6.61 Å². The number of hydrogen-bond donors (Lipinski definition) is 2. The Hall–Kier alpha value is -0.810. The first-order valence-corrected chi connectivity index (χ1v) is 8.43. The SMILES string of the molecule is CCCN(CCC)CCCN=C(NCC)NC(C)COC. The van der Waals surface area contributed by atoms with Crippen molar-refractivity contribution in [2.45, 2.75) is 53.0 Å². The minimum absolute atomic E-state index is 0.268. The fraction of sp³-hybridized carbons (Fsp3) is 0.938. The van der Waals surface area contributed by atoms with Crippen LogP contribution in [0, 0.1) is 0 Å². The van der Waals surface area contributed by atoms with Crippen molar-refractivity contribution in [1.29, 1.82) is 0 Å². The first kappa shape index (κ1) is 20.2. The molecular weight excluding hydrogens is 264 g/mol. The van der Waals surface area contributed by atoms with E-state index in [1.54, 1.807) is 7.11 Å². The van der Waals surface area contributed by atoms with E-state index < -0.39 is 0 Å². The topological polar surface area (TPSA) is 48.9 Å². The van der Waals surface area contributed by atoms with Gasteiger partial charge in [-0.25, -0.2) is 0 Å². The maximum Gasteiger partial charge on any atom is 0.191 e. The standard InChI is InChI=1S/C16H36N4O/c1-6-11-20(12-7-2)13-9-10-18-16(17-8-3)19-15(4)14-21-5/h15H,6-14H2,1-5H3,(H2,17,18,19). The zero-order chi connectivity index (χ0) is 15.9. The predicted octanol–water partition coefficient (Wildman–Crippen LogP) is 2.09. The Balaban J connectivity index is 4.11. The number of guanidine groups is 1. The number of ether oxygens (including phenoxy) is 1. The lowest BCUT2D eigenvalue weighted by atomic mass is 10.3. The molecule has 0 fully saturated rings. The van der Waals surface area contributed by atoms with Crippen molar-refractivity contribution in [2.24, 2.45) is 4.99 Å². The fourth-order valence-corrected chi connectivity index (χ4v) is 2.30. The average Bonchev–Trinajstić information content (AvgIpc) is 2.44. The number of aliphatic imine (C=N–C) groups is 1. The van der Waals surface area contributed by atoms with Crippen LogP contribution in [0.5, 0.6) is 0 Å². The molecule has 1 atom stereocenters. The van der Waals surface area contributed by atoms with Gasteiger partial charge in [-0.2, -0.15) is 0 Å². The maximum atomic E-state index is 5.14. The Morgan fingerprint density at radius 3 is 2.33 bits per heavy atom. The van der Waals surface area contributed by atoms with Gasteiger partial charge < -0.3 is 20.3 Å². The molecule has 0 radical (unpaired) electrons. The number of methoxy groups -OCH3 is 1. The lowest BCUT2D eigenvalue weighted by Crippen LogP contribution is -2.44. The molecule has 5 heteroatoms. The number of nitrogens with one attached hydrogen (secondary N) is 2. The van der Waals surface area contributed by atoms with E-state index in [-0.39, 0.29) is 6.04 Å². The first-order valence-electron chi connectivity index (χ1n) is 8.43. The second-order valence-electron chi connectivity index (χ2n) is 5.46. The van der Waals surface area contributed by atoms with Crippen molar-refractivity contribution in [3.8, 4) is 0 Å². The lowest BCUT2D eigenvalue weighted by Gasteiger charge is -2.20. The Bertz CT molecular complexity index is 253. The van der Waals surface area contributed by atoms with E-state index in [4.69, 9.17) is 4.74 Å². The molecule has 0 aliphatic heterocycles. The zero-order valence-corrected chi connectivity index (χ0v) is 14.7. The Morgan fingerprint density at radius 2 is 1.81 bits per heavy atom. The normalized spacial score (nSPS) is 13.5. The van der Waals surface area contributed by atoms with Gasteiger partial charge in [0, 0.05) is 26.2 Å². The van der Waals surface area contributed by atoms with E-state index in [2.05, 4.69) is 48.2 Å². The molecule has 0 bridgehead atoms. The third kappa shape index (κ3) is 11.5. The van der Waals surface area contributed by atoms with Crippen molar-refractivity contribution in [1.82, 2.24) is 15.5 Å². The summed E-state index contributed by atoms with van der Waals surface area (Å²) in [6, 6.07) is 0.268. The molecule has 0 saturated carbocycles. The summed E-state index contributed by atoms with van der Waals surface area (Å²) in [5.41, 5.74) is 0. The molecule has 0 aliphatic rings. The molecule has 21 heavy (non-hydrogen) atoms. The van der Waals surface area contributed by atoms with Crippen LogP contribution >= 0.6 is 0 Å². The van der Waals surface area contributed by atoms with Gasteiger partial charge in [-0.15, -0.1) is 0 Å². The summed E-state index contributed by atoms with van der Waals surface area (Å²) >= 11 is 0. The van der Waals surface area contributed by atoms with Crippen LogP contribution < -0.4 is 10.6 Å². The monoisotopic (exact) mass is 300 g/mol. The summed E-state index contributed by atoms with van der Waals surface area (Å²) in [6.45, 7) is 14.6. The van der Waals surface area contributed by atoms with Crippen LogP contribution in [0.3, 0.4) is 0 Å². The van der Waals surface area contributed by atoms with Gasteiger partial charge in [0.1, 0.15) is 0 Å². The zero-order valence-electron chi connectivity index (χ0n) is 14.7. The Labute approximate surface area is 131 Å². The summed E-state index contributed by atoms with van der Waals surface area (Å²) in [5.74, 6) is 0.889. The van der Waals surface area contributed by atoms with Crippen LogP contribution in [0.25, 0.3) is 0 Å². The summed E-state index contributed by atoms with van der Waals surface area (Å²) in [7, 11) is 1.72. The van der Waals surface area contributed by atoms with Gasteiger partial charge in [0.25, 0.3) is 0 Å². The van der Waals surface area contributed by atoms with Crippen molar-refractivity contribution in [2.75, 3.05) is 46.4 Å². The van der Waals surface area contributed by atoms with Gasteiger partial charge in [-0.3, -0.25) is 4.99 Å². The van der Waals surface area contributed by atoms with Crippen molar-refractivity contribution in [3.05, 3.63) is 0 Å². The van der Waals surface area contributed by atoms with Crippen LogP contribution in [-0.4, -0.2) is 63.3 Å². The van der Waals surface area contributed by atoms with E-state index >= 15 is 0 Å². The van der Waals surface area contributed by atoms with Crippen LogP contribution in [0.4, 0.5) is 0 Å². The van der Waals surface area contributed by atoms with E-state index in [1.165, 1.54) is 25.9 Å². The average molecular weight is 300 g/mol. The molecule has 0 saturated heterocycles. The molecule has 0 aromatic carbocycles. The molecule has 0 heterocycles. The van der Waals surface area contributed by atoms with Crippen molar-refractivity contribution in [3.63, 3.8) is 0 Å². The van der Waals surface area contributed by atoms with Gasteiger partial charge in [0.15, 0.2) is 5.96 Å². The molecule has 0 spiro atoms. The van der Waals surface area contributed by atoms with Crippen LogP contribution in [0.2, 0.25) is 0 Å². The third-order valence-electron chi connectivity index (χ3n) is 3.13. The van der Waals surface area contributed by atoms with Gasteiger partial charge >= 0.3 is 0 Å². The molecule has 126 valence electrons. The summed E-state index contributed by atoms with van der Waals surface area (Å²) in [5, 5.41) is 6.64. The van der Waals surface area contributed by atoms with Crippen LogP contribution in [0.15, 0.2) is 4.99 Å². The van der Waals surface area contributed by atoms with Gasteiger partial charge in [0.2, 0.25) is 0 Å². The predicted molar refractivity (Wildman–Crippen MR) is 92.1 cm³/mol. The molecule has 0 amide bonds. The van der Waals surface area contributed by atoms with Crippen molar-refractivity contribution < 1.29 is 4.74 Å². The molecule has 5 nitrogen and oxygen atoms in total. The summed E-state index contributed by atoms with van der Waals surface area (Å²) in [6.07, 6.45) is 3.55. The highest BCUT2D eigenvalue weighted by atomic mass is 16.5. The molecule has 0 rings (SSSR count). The highest BCUT2D eigenvalue weighted by molar-refractivity contribution is 5.80. The lowest BCUT2D eigenvalue weighted by molar-refractivity contribution is 0.179. The molecule has 1 unspecified atom stereocenters. The smallest absolute Gasteiger partial charge is 0.191 e. The number of rotatable bonds is 12. The first-order chi connectivity index (χ1) is 10.2. The fourth-order valence-electron chi connectivity index (χ4n) is 2.30. The molecule has 0 aromatic rings. The van der Waals surface area contributed by atoms with Crippen molar-refractivity contribution >= 4 is 5.96 Å². The second-order valence-corrected chi connectivity index (χ2v) is 5.46. The largest absolute Gasteiger partial charge is 0.383 e. The van der Waals surface area contributed by atoms with Gasteiger partial charge in [-0.05, 0) is 52.7 Å².